The molecule has 0 spiro atoms. The summed E-state index contributed by atoms with van der Waals surface area (Å²) < 4.78 is 22.9. The lowest BCUT2D eigenvalue weighted by Crippen LogP contribution is -2.47. The van der Waals surface area contributed by atoms with Crippen molar-refractivity contribution < 1.29 is 23.1 Å². The number of aromatic nitrogens is 1. The maximum atomic E-state index is 12.6. The maximum absolute atomic E-state index is 12.6. The number of nitrogens with zero attached hydrogens (tertiary/aromatic N) is 1. The maximum Gasteiger partial charge on any atom is 0.326 e. The molecule has 0 bridgehead atoms. The van der Waals surface area contributed by atoms with Gasteiger partial charge in [0.15, 0.2) is 0 Å². The number of unbranched alkanes of at least 4 members (excludes halogenated alkanes) is 1. The van der Waals surface area contributed by atoms with Crippen molar-refractivity contribution >= 4 is 44.6 Å². The van der Waals surface area contributed by atoms with Crippen LogP contribution in [0, 0.1) is 19.3 Å². The van der Waals surface area contributed by atoms with Gasteiger partial charge in [-0.3, -0.25) is 9.78 Å². The molecule has 0 aliphatic heterocycles. The second-order valence-electron chi connectivity index (χ2n) is 10.4. The number of hydrogen-bond donors (Lipinski definition) is 3. The number of carboxylic acids is 1. The van der Waals surface area contributed by atoms with Crippen molar-refractivity contribution in [3.05, 3.63) is 58.9 Å². The van der Waals surface area contributed by atoms with Gasteiger partial charge in [-0.05, 0) is 69.4 Å². The molecule has 1 amide bonds. The van der Waals surface area contributed by atoms with E-state index >= 15 is 0 Å². The van der Waals surface area contributed by atoms with Gasteiger partial charge in [0, 0.05) is 35.2 Å². The molecule has 206 valence electrons. The Kier molecular flexibility index (Phi) is 10.0. The number of amides is 1. The van der Waals surface area contributed by atoms with Crippen LogP contribution in [-0.2, 0) is 21.1 Å². The number of nitrogens with one attached hydrogen (secondary N) is 2. The summed E-state index contributed by atoms with van der Waals surface area (Å²) in [6, 6.07) is 9.75. The molecule has 0 saturated heterocycles. The van der Waals surface area contributed by atoms with Crippen LogP contribution in [0.1, 0.15) is 72.3 Å². The van der Waals surface area contributed by atoms with Crippen molar-refractivity contribution in [2.45, 2.75) is 71.3 Å². The summed E-state index contributed by atoms with van der Waals surface area (Å²) in [5.41, 5.74) is 3.12. The first-order valence-corrected chi connectivity index (χ1v) is 15.4. The lowest BCUT2D eigenvalue weighted by Gasteiger charge is -2.32. The number of aliphatic carboxylic acids is 1. The minimum absolute atomic E-state index is 0.152. The Labute approximate surface area is 230 Å². The summed E-state index contributed by atoms with van der Waals surface area (Å²) in [6.45, 7) is 3.66. The number of benzene rings is 1. The van der Waals surface area contributed by atoms with E-state index in [2.05, 4.69) is 15.6 Å². The van der Waals surface area contributed by atoms with Gasteiger partial charge in [-0.25, -0.2) is 13.2 Å². The molecule has 1 aliphatic carbocycles. The second-order valence-corrected chi connectivity index (χ2v) is 13.0. The van der Waals surface area contributed by atoms with Gasteiger partial charge in [-0.2, -0.15) is 0 Å². The van der Waals surface area contributed by atoms with Gasteiger partial charge in [0.25, 0.3) is 5.91 Å². The Morgan fingerprint density at radius 1 is 1.08 bits per heavy atom. The minimum Gasteiger partial charge on any atom is -0.480 e. The zero-order valence-corrected chi connectivity index (χ0v) is 23.9. The monoisotopic (exact) mass is 559 g/mol. The molecule has 1 fully saturated rings. The quantitative estimate of drug-likeness (QED) is 0.254. The summed E-state index contributed by atoms with van der Waals surface area (Å²) >= 11 is 5.75. The van der Waals surface area contributed by atoms with Crippen LogP contribution in [0.2, 0.25) is 0 Å². The number of sulfone groups is 1. The van der Waals surface area contributed by atoms with Gasteiger partial charge >= 0.3 is 5.97 Å². The molecule has 3 N–H and O–H groups in total. The van der Waals surface area contributed by atoms with Crippen molar-refractivity contribution in [1.29, 1.82) is 0 Å². The molecule has 1 atom stereocenters. The van der Waals surface area contributed by atoms with Gasteiger partial charge < -0.3 is 15.7 Å². The number of hydrogen-bond acceptors (Lipinski definition) is 6. The lowest BCUT2D eigenvalue weighted by molar-refractivity contribution is -0.139. The van der Waals surface area contributed by atoms with Crippen molar-refractivity contribution in [2.24, 2.45) is 5.41 Å². The molecule has 1 saturated carbocycles. The third kappa shape index (κ3) is 8.33. The fourth-order valence-electron chi connectivity index (χ4n) is 5.07. The number of thiocarbonyl (C=S) groups is 1. The Hall–Kier alpha value is -2.85. The number of carbonyl (C=O) groups is 2. The van der Waals surface area contributed by atoms with Gasteiger partial charge in [-0.1, -0.05) is 43.6 Å². The summed E-state index contributed by atoms with van der Waals surface area (Å²) in [4.78, 5) is 29.6. The van der Waals surface area contributed by atoms with E-state index in [1.54, 1.807) is 43.3 Å². The largest absolute Gasteiger partial charge is 0.480 e. The van der Waals surface area contributed by atoms with E-state index in [0.29, 0.717) is 28.4 Å². The highest BCUT2D eigenvalue weighted by molar-refractivity contribution is 7.90. The van der Waals surface area contributed by atoms with E-state index in [-0.39, 0.29) is 23.5 Å². The van der Waals surface area contributed by atoms with Crippen molar-refractivity contribution in [1.82, 2.24) is 10.3 Å². The van der Waals surface area contributed by atoms with Crippen molar-refractivity contribution in [3.8, 4) is 0 Å². The van der Waals surface area contributed by atoms with Crippen LogP contribution in [0.15, 0.2) is 36.4 Å². The van der Waals surface area contributed by atoms with Gasteiger partial charge in [0.05, 0.1) is 16.2 Å². The number of anilines is 1. The van der Waals surface area contributed by atoms with Crippen LogP contribution >= 0.6 is 12.2 Å². The van der Waals surface area contributed by atoms with E-state index in [1.807, 2.05) is 6.92 Å². The van der Waals surface area contributed by atoms with Crippen LogP contribution in [0.4, 0.5) is 5.69 Å². The zero-order valence-electron chi connectivity index (χ0n) is 22.2. The van der Waals surface area contributed by atoms with E-state index in [1.165, 1.54) is 6.26 Å². The molecular weight excluding hydrogens is 522 g/mol. The molecule has 10 heteroatoms. The predicted molar refractivity (Wildman–Crippen MR) is 153 cm³/mol. The Morgan fingerprint density at radius 3 is 2.32 bits per heavy atom. The number of carboxylic acid groups (broad SMARTS) is 1. The number of aryl methyl sites for hydroxylation is 2. The van der Waals surface area contributed by atoms with Crippen molar-refractivity contribution in [3.63, 3.8) is 0 Å². The molecule has 1 aromatic heterocycles. The van der Waals surface area contributed by atoms with E-state index in [0.717, 1.165) is 49.8 Å². The first-order valence-electron chi connectivity index (χ1n) is 12.9. The number of pyridine rings is 1. The molecule has 1 aliphatic rings. The summed E-state index contributed by atoms with van der Waals surface area (Å²) in [6.07, 6.45) is 7.36. The zero-order chi connectivity index (χ0) is 27.9. The Morgan fingerprint density at radius 2 is 1.74 bits per heavy atom. The van der Waals surface area contributed by atoms with Gasteiger partial charge in [-0.15, -0.1) is 0 Å². The molecule has 3 rings (SSSR count). The third-order valence-electron chi connectivity index (χ3n) is 7.19. The molecule has 0 radical (unpaired) electrons. The SMILES string of the molecule is Cc1ccc(C(=O)Nc2ccc(C[C@H](NC(=S)C3(CCCCS(C)(=O)=O)CCCC3)C(=O)O)cc2)c(C)n1. The lowest BCUT2D eigenvalue weighted by atomic mass is 9.80. The van der Waals surface area contributed by atoms with Crippen LogP contribution in [0.5, 0.6) is 0 Å². The number of rotatable bonds is 12. The topological polar surface area (TPSA) is 125 Å². The Bertz CT molecular complexity index is 1270. The average molecular weight is 560 g/mol. The molecule has 2 aromatic rings. The molecular formula is C28H37N3O5S2. The molecule has 8 nitrogen and oxygen atoms in total. The Balaban J connectivity index is 1.61. The first-order chi connectivity index (χ1) is 17.9. The highest BCUT2D eigenvalue weighted by Crippen LogP contribution is 2.43. The van der Waals surface area contributed by atoms with Crippen LogP contribution < -0.4 is 10.6 Å². The van der Waals surface area contributed by atoms with Crippen LogP contribution in [0.3, 0.4) is 0 Å². The van der Waals surface area contributed by atoms with Crippen LogP contribution in [0.25, 0.3) is 0 Å². The van der Waals surface area contributed by atoms with E-state index in [9.17, 15) is 23.1 Å². The summed E-state index contributed by atoms with van der Waals surface area (Å²) in [5, 5.41) is 15.9. The molecule has 0 unspecified atom stereocenters. The third-order valence-corrected chi connectivity index (χ3v) is 8.77. The molecule has 1 aromatic carbocycles. The van der Waals surface area contributed by atoms with E-state index in [4.69, 9.17) is 12.2 Å². The fourth-order valence-corrected chi connectivity index (χ4v) is 6.24. The standard InChI is InChI=1S/C28H37N3O5S2/c1-19-8-13-23(20(2)29-19)25(32)30-22-11-9-21(10-12-22)18-24(26(33)34)31-27(37)28(14-4-5-15-28)16-6-7-17-38(3,35)36/h8-13,24H,4-7,14-18H2,1-3H3,(H,30,32)(H,31,37)(H,33,34)/t24-/m0/s1. The van der Waals surface area contributed by atoms with Gasteiger partial charge in [0.2, 0.25) is 0 Å². The normalized spacial score (nSPS) is 15.6. The van der Waals surface area contributed by atoms with E-state index < -0.39 is 21.8 Å². The molecule has 1 heterocycles. The molecule has 38 heavy (non-hydrogen) atoms. The smallest absolute Gasteiger partial charge is 0.326 e. The average Bonchev–Trinajstić information content (AvgIpc) is 3.32. The predicted octanol–water partition coefficient (Wildman–Crippen LogP) is 4.64. The van der Waals surface area contributed by atoms with Gasteiger partial charge in [0.1, 0.15) is 15.9 Å². The highest BCUT2D eigenvalue weighted by atomic mass is 32.2. The fraction of sp³-hybridized carbons (Fsp3) is 0.500. The summed E-state index contributed by atoms with van der Waals surface area (Å²) in [7, 11) is -3.00. The number of carbonyl (C=O) groups excluding carboxylic acids is 1. The first kappa shape index (κ1) is 29.7. The minimum atomic E-state index is -3.00. The second kappa shape index (κ2) is 12.8. The van der Waals surface area contributed by atoms with Crippen molar-refractivity contribution in [2.75, 3.05) is 17.3 Å². The summed E-state index contributed by atoms with van der Waals surface area (Å²) in [5.74, 6) is -1.09. The highest BCUT2D eigenvalue weighted by Gasteiger charge is 2.39. The van der Waals surface area contributed by atoms with Crippen LogP contribution in [-0.4, -0.2) is 53.4 Å².